The molecule has 2 N–H and O–H groups in total. The molecule has 0 bridgehead atoms. The smallest absolute Gasteiger partial charge is 0.233 e. The zero-order chi connectivity index (χ0) is 18.8. The van der Waals surface area contributed by atoms with Crippen molar-refractivity contribution in [1.29, 1.82) is 0 Å². The number of methoxy groups -OCH3 is 1. The van der Waals surface area contributed by atoms with E-state index in [-0.39, 0.29) is 18.9 Å². The molecule has 2 aromatic rings. The fourth-order valence-electron chi connectivity index (χ4n) is 2.05. The third kappa shape index (κ3) is 7.04. The lowest BCUT2D eigenvalue weighted by Gasteiger charge is -2.07. The van der Waals surface area contributed by atoms with E-state index in [2.05, 4.69) is 15.0 Å². The van der Waals surface area contributed by atoms with E-state index in [1.165, 1.54) is 13.2 Å². The second-order valence-electron chi connectivity index (χ2n) is 5.39. The summed E-state index contributed by atoms with van der Waals surface area (Å²) in [5, 5.41) is 3.81. The Hall–Kier alpha value is -2.71. The van der Waals surface area contributed by atoms with Crippen LogP contribution < -0.4 is 14.8 Å². The van der Waals surface area contributed by atoms with E-state index in [0.29, 0.717) is 12.4 Å². The Kier molecular flexibility index (Phi) is 7.31. The molecular formula is C18H21N3O4S. The number of benzene rings is 1. The quantitative estimate of drug-likeness (QED) is 0.695. The second kappa shape index (κ2) is 9.69. The minimum atomic E-state index is -3.59. The van der Waals surface area contributed by atoms with Gasteiger partial charge in [-0.1, -0.05) is 30.3 Å². The number of pyridine rings is 1. The molecule has 7 nitrogen and oxygen atoms in total. The minimum Gasteiger partial charge on any atom is -0.481 e. The fourth-order valence-corrected chi connectivity index (χ4v) is 2.87. The van der Waals surface area contributed by atoms with Gasteiger partial charge in [0.2, 0.25) is 21.8 Å². The summed E-state index contributed by atoms with van der Waals surface area (Å²) < 4.78 is 31.2. The first-order valence-electron chi connectivity index (χ1n) is 7.97. The largest absolute Gasteiger partial charge is 0.481 e. The molecular weight excluding hydrogens is 354 g/mol. The van der Waals surface area contributed by atoms with E-state index in [4.69, 9.17) is 4.74 Å². The maximum Gasteiger partial charge on any atom is 0.233 e. The highest BCUT2D eigenvalue weighted by Crippen LogP contribution is 2.08. The molecule has 8 heteroatoms. The lowest BCUT2D eigenvalue weighted by Crippen LogP contribution is -2.29. The van der Waals surface area contributed by atoms with Crippen LogP contribution in [0, 0.1) is 0 Å². The van der Waals surface area contributed by atoms with Crippen molar-refractivity contribution in [2.24, 2.45) is 0 Å². The number of hydrogen-bond acceptors (Lipinski definition) is 5. The number of nitrogens with one attached hydrogen (secondary N) is 2. The monoisotopic (exact) mass is 375 g/mol. The summed E-state index contributed by atoms with van der Waals surface area (Å²) in [6.45, 7) is 0.339. The highest BCUT2D eigenvalue weighted by atomic mass is 32.2. The van der Waals surface area contributed by atoms with Gasteiger partial charge in [-0.05, 0) is 23.3 Å². The Labute approximate surface area is 153 Å². The SMILES string of the molecule is COc1cc(CNC(=O)CCNS(=O)(=O)/C=C/c2ccccc2)ccn1. The summed E-state index contributed by atoms with van der Waals surface area (Å²) in [5.74, 6) is 0.213. The van der Waals surface area contributed by atoms with Crippen molar-refractivity contribution < 1.29 is 17.9 Å². The van der Waals surface area contributed by atoms with Crippen LogP contribution in [0.15, 0.2) is 54.1 Å². The van der Waals surface area contributed by atoms with Crippen molar-refractivity contribution in [3.05, 3.63) is 65.2 Å². The molecule has 0 spiro atoms. The molecule has 0 aliphatic heterocycles. The van der Waals surface area contributed by atoms with Gasteiger partial charge in [-0.25, -0.2) is 18.1 Å². The third-order valence-corrected chi connectivity index (χ3v) is 4.49. The molecule has 1 heterocycles. The van der Waals surface area contributed by atoms with Crippen LogP contribution in [0.2, 0.25) is 0 Å². The predicted molar refractivity (Wildman–Crippen MR) is 99.7 cm³/mol. The first kappa shape index (κ1) is 19.6. The van der Waals surface area contributed by atoms with Crippen LogP contribution in [0.25, 0.3) is 6.08 Å². The lowest BCUT2D eigenvalue weighted by atomic mass is 10.2. The highest BCUT2D eigenvalue weighted by Gasteiger charge is 2.07. The molecule has 0 fully saturated rings. The molecule has 0 unspecified atom stereocenters. The minimum absolute atomic E-state index is 0.0208. The van der Waals surface area contributed by atoms with E-state index < -0.39 is 10.0 Å². The first-order chi connectivity index (χ1) is 12.5. The van der Waals surface area contributed by atoms with Gasteiger partial charge in [-0.2, -0.15) is 0 Å². The van der Waals surface area contributed by atoms with Crippen LogP contribution >= 0.6 is 0 Å². The molecule has 1 amide bonds. The maximum absolute atomic E-state index is 11.9. The molecule has 1 aromatic heterocycles. The predicted octanol–water partition coefficient (Wildman–Crippen LogP) is 1.69. The van der Waals surface area contributed by atoms with Crippen LogP contribution in [-0.4, -0.2) is 33.0 Å². The lowest BCUT2D eigenvalue weighted by molar-refractivity contribution is -0.121. The summed E-state index contributed by atoms with van der Waals surface area (Å²) in [5.41, 5.74) is 1.62. The Morgan fingerprint density at radius 1 is 1.23 bits per heavy atom. The summed E-state index contributed by atoms with van der Waals surface area (Å²) >= 11 is 0. The van der Waals surface area contributed by atoms with Crippen LogP contribution in [0.4, 0.5) is 0 Å². The Morgan fingerprint density at radius 2 is 2.00 bits per heavy atom. The fraction of sp³-hybridized carbons (Fsp3) is 0.222. The molecule has 0 atom stereocenters. The van der Waals surface area contributed by atoms with Crippen LogP contribution in [0.3, 0.4) is 0 Å². The van der Waals surface area contributed by atoms with E-state index in [1.54, 1.807) is 30.5 Å². The number of rotatable bonds is 9. The number of aromatic nitrogens is 1. The molecule has 0 saturated carbocycles. The standard InChI is InChI=1S/C18H21N3O4S/c1-25-18-13-16(7-10-19-18)14-20-17(22)8-11-21-26(23,24)12-9-15-5-3-2-4-6-15/h2-7,9-10,12-13,21H,8,11,14H2,1H3,(H,20,22)/b12-9+. The molecule has 26 heavy (non-hydrogen) atoms. The number of nitrogens with zero attached hydrogens (tertiary/aromatic N) is 1. The molecule has 0 radical (unpaired) electrons. The molecule has 0 aliphatic rings. The maximum atomic E-state index is 11.9. The molecule has 0 saturated heterocycles. The number of ether oxygens (including phenoxy) is 1. The van der Waals surface area contributed by atoms with Gasteiger partial charge in [0.15, 0.2) is 0 Å². The average Bonchev–Trinajstić information content (AvgIpc) is 2.66. The second-order valence-corrected chi connectivity index (χ2v) is 7.04. The first-order valence-corrected chi connectivity index (χ1v) is 9.51. The van der Waals surface area contributed by atoms with Crippen molar-refractivity contribution in [3.63, 3.8) is 0 Å². The van der Waals surface area contributed by atoms with Crippen molar-refractivity contribution in [2.75, 3.05) is 13.7 Å². The zero-order valence-corrected chi connectivity index (χ0v) is 15.2. The van der Waals surface area contributed by atoms with Crippen molar-refractivity contribution in [3.8, 4) is 5.88 Å². The summed E-state index contributed by atoms with van der Waals surface area (Å²) in [4.78, 5) is 15.8. The van der Waals surface area contributed by atoms with E-state index in [0.717, 1.165) is 16.5 Å². The van der Waals surface area contributed by atoms with Crippen LogP contribution in [0.1, 0.15) is 17.5 Å². The third-order valence-electron chi connectivity index (χ3n) is 3.39. The number of sulfonamides is 1. The van der Waals surface area contributed by atoms with Gasteiger partial charge >= 0.3 is 0 Å². The Bertz CT molecular complexity index is 852. The van der Waals surface area contributed by atoms with Gasteiger partial charge in [-0.15, -0.1) is 0 Å². The van der Waals surface area contributed by atoms with Gasteiger partial charge in [0, 0.05) is 37.2 Å². The Morgan fingerprint density at radius 3 is 2.73 bits per heavy atom. The number of carbonyl (C=O) groups is 1. The number of carbonyl (C=O) groups excluding carboxylic acids is 1. The summed E-state index contributed by atoms with van der Waals surface area (Å²) in [6, 6.07) is 12.6. The van der Waals surface area contributed by atoms with E-state index >= 15 is 0 Å². The molecule has 0 aliphatic carbocycles. The van der Waals surface area contributed by atoms with Gasteiger partial charge in [0.25, 0.3) is 0 Å². The van der Waals surface area contributed by atoms with Gasteiger partial charge in [-0.3, -0.25) is 4.79 Å². The summed E-state index contributed by atoms with van der Waals surface area (Å²) in [7, 11) is -2.07. The Balaban J connectivity index is 1.74. The van der Waals surface area contributed by atoms with E-state index in [9.17, 15) is 13.2 Å². The van der Waals surface area contributed by atoms with Crippen molar-refractivity contribution >= 4 is 22.0 Å². The normalized spacial score (nSPS) is 11.4. The van der Waals surface area contributed by atoms with Crippen LogP contribution in [0.5, 0.6) is 5.88 Å². The van der Waals surface area contributed by atoms with E-state index in [1.807, 2.05) is 18.2 Å². The van der Waals surface area contributed by atoms with Gasteiger partial charge in [0.1, 0.15) is 0 Å². The van der Waals surface area contributed by atoms with Crippen LogP contribution in [-0.2, 0) is 21.4 Å². The molecule has 138 valence electrons. The average molecular weight is 375 g/mol. The summed E-state index contributed by atoms with van der Waals surface area (Å²) in [6.07, 6.45) is 3.13. The highest BCUT2D eigenvalue weighted by molar-refractivity contribution is 7.92. The zero-order valence-electron chi connectivity index (χ0n) is 14.4. The topological polar surface area (TPSA) is 97.4 Å². The number of amides is 1. The van der Waals surface area contributed by atoms with Gasteiger partial charge in [0.05, 0.1) is 7.11 Å². The van der Waals surface area contributed by atoms with Crippen molar-refractivity contribution in [2.45, 2.75) is 13.0 Å². The van der Waals surface area contributed by atoms with Gasteiger partial charge < -0.3 is 10.1 Å². The number of hydrogen-bond donors (Lipinski definition) is 2. The molecule has 2 rings (SSSR count). The van der Waals surface area contributed by atoms with Crippen molar-refractivity contribution in [1.82, 2.24) is 15.0 Å². The molecule has 1 aromatic carbocycles.